The van der Waals surface area contributed by atoms with Gasteiger partial charge in [0, 0.05) is 43.0 Å². The van der Waals surface area contributed by atoms with Crippen LogP contribution in [-0.2, 0) is 11.8 Å². The molecule has 136 valence electrons. The molecule has 3 nitrogen and oxygen atoms in total. The van der Waals surface area contributed by atoms with E-state index in [-0.39, 0.29) is 11.8 Å². The van der Waals surface area contributed by atoms with Crippen LogP contribution in [0.5, 0.6) is 0 Å². The summed E-state index contributed by atoms with van der Waals surface area (Å²) in [6.45, 7) is 4.98. The molecule has 1 atom stereocenters. The second-order valence-electron chi connectivity index (χ2n) is 7.08. The quantitative estimate of drug-likeness (QED) is 0.604. The molecule has 0 saturated heterocycles. The number of amides is 1. The molecule has 0 unspecified atom stereocenters. The summed E-state index contributed by atoms with van der Waals surface area (Å²) in [6, 6.07) is 17.0. The standard InChI is InChI=1S/C23H28N2O/c1-4-5-14-24-23(26)15-20(18-12-10-17(2)11-13-18)21-16-25(3)22-9-7-6-8-19(21)22/h6-13,16,20H,4-5,14-15H2,1-3H3,(H,24,26)/t20-/m1/s1. The number of fused-ring (bicyclic) bond motifs is 1. The van der Waals surface area contributed by atoms with Crippen LogP contribution in [0.3, 0.4) is 0 Å². The first-order valence-corrected chi connectivity index (χ1v) is 9.47. The number of unbranched alkanes of at least 4 members (excludes halogenated alkanes) is 1. The first kappa shape index (κ1) is 18.2. The second kappa shape index (κ2) is 8.22. The molecule has 1 heterocycles. The summed E-state index contributed by atoms with van der Waals surface area (Å²) >= 11 is 0. The van der Waals surface area contributed by atoms with Gasteiger partial charge in [0.25, 0.3) is 0 Å². The first-order valence-electron chi connectivity index (χ1n) is 9.47. The van der Waals surface area contributed by atoms with Crippen molar-refractivity contribution < 1.29 is 4.79 Å². The van der Waals surface area contributed by atoms with Crippen LogP contribution in [0.1, 0.15) is 48.8 Å². The summed E-state index contributed by atoms with van der Waals surface area (Å²) in [7, 11) is 2.07. The lowest BCUT2D eigenvalue weighted by Crippen LogP contribution is -2.26. The van der Waals surface area contributed by atoms with Crippen LogP contribution in [-0.4, -0.2) is 17.0 Å². The van der Waals surface area contributed by atoms with Gasteiger partial charge >= 0.3 is 0 Å². The zero-order valence-corrected chi connectivity index (χ0v) is 16.0. The number of aryl methyl sites for hydroxylation is 2. The van der Waals surface area contributed by atoms with Crippen molar-refractivity contribution in [3.05, 3.63) is 71.4 Å². The van der Waals surface area contributed by atoms with Crippen LogP contribution < -0.4 is 5.32 Å². The van der Waals surface area contributed by atoms with Gasteiger partial charge in [0.15, 0.2) is 0 Å². The van der Waals surface area contributed by atoms with Crippen LogP contribution in [0.2, 0.25) is 0 Å². The number of nitrogens with zero attached hydrogens (tertiary/aromatic N) is 1. The first-order chi connectivity index (χ1) is 12.6. The van der Waals surface area contributed by atoms with Gasteiger partial charge in [-0.15, -0.1) is 0 Å². The number of para-hydroxylation sites is 1. The van der Waals surface area contributed by atoms with E-state index in [4.69, 9.17) is 0 Å². The lowest BCUT2D eigenvalue weighted by molar-refractivity contribution is -0.121. The predicted molar refractivity (Wildman–Crippen MR) is 108 cm³/mol. The topological polar surface area (TPSA) is 34.0 Å². The van der Waals surface area contributed by atoms with Crippen molar-refractivity contribution >= 4 is 16.8 Å². The van der Waals surface area contributed by atoms with Gasteiger partial charge in [-0.25, -0.2) is 0 Å². The number of aromatic nitrogens is 1. The molecule has 3 aromatic rings. The Bertz CT molecular complexity index is 877. The van der Waals surface area contributed by atoms with Crippen molar-refractivity contribution in [2.45, 2.75) is 39.0 Å². The fraction of sp³-hybridized carbons (Fsp3) is 0.348. The zero-order chi connectivity index (χ0) is 18.5. The molecule has 3 rings (SSSR count). The van der Waals surface area contributed by atoms with Crippen molar-refractivity contribution in [3.8, 4) is 0 Å². The highest BCUT2D eigenvalue weighted by atomic mass is 16.1. The number of benzene rings is 2. The summed E-state index contributed by atoms with van der Waals surface area (Å²) < 4.78 is 2.15. The van der Waals surface area contributed by atoms with Crippen molar-refractivity contribution in [1.29, 1.82) is 0 Å². The van der Waals surface area contributed by atoms with Gasteiger partial charge in [-0.3, -0.25) is 4.79 Å². The Morgan fingerprint density at radius 2 is 1.85 bits per heavy atom. The molecule has 26 heavy (non-hydrogen) atoms. The van der Waals surface area contributed by atoms with E-state index < -0.39 is 0 Å². The molecule has 0 aliphatic rings. The van der Waals surface area contributed by atoms with Crippen molar-refractivity contribution in [1.82, 2.24) is 9.88 Å². The molecule has 0 radical (unpaired) electrons. The van der Waals surface area contributed by atoms with Crippen molar-refractivity contribution in [2.75, 3.05) is 6.54 Å². The Kier molecular flexibility index (Phi) is 5.77. The van der Waals surface area contributed by atoms with Gasteiger partial charge in [-0.05, 0) is 30.5 Å². The van der Waals surface area contributed by atoms with E-state index in [1.807, 2.05) is 0 Å². The lowest BCUT2D eigenvalue weighted by Gasteiger charge is -2.17. The molecular formula is C23H28N2O. The third kappa shape index (κ3) is 3.98. The Balaban J connectivity index is 1.97. The van der Waals surface area contributed by atoms with Gasteiger partial charge in [-0.1, -0.05) is 61.4 Å². The highest BCUT2D eigenvalue weighted by molar-refractivity contribution is 5.86. The maximum atomic E-state index is 12.6. The lowest BCUT2D eigenvalue weighted by atomic mass is 9.87. The monoisotopic (exact) mass is 348 g/mol. The smallest absolute Gasteiger partial charge is 0.220 e. The zero-order valence-electron chi connectivity index (χ0n) is 16.0. The molecule has 2 aromatic carbocycles. The van der Waals surface area contributed by atoms with E-state index in [1.165, 1.54) is 27.6 Å². The van der Waals surface area contributed by atoms with E-state index in [0.29, 0.717) is 6.42 Å². The second-order valence-corrected chi connectivity index (χ2v) is 7.08. The molecule has 0 bridgehead atoms. The minimum absolute atomic E-state index is 0.0586. The van der Waals surface area contributed by atoms with Gasteiger partial charge in [-0.2, -0.15) is 0 Å². The van der Waals surface area contributed by atoms with E-state index in [9.17, 15) is 4.79 Å². The molecule has 0 fully saturated rings. The number of nitrogens with one attached hydrogen (secondary N) is 1. The summed E-state index contributed by atoms with van der Waals surface area (Å²) in [5.41, 5.74) is 4.85. The molecule has 0 aliphatic heterocycles. The summed E-state index contributed by atoms with van der Waals surface area (Å²) in [4.78, 5) is 12.6. The fourth-order valence-electron chi connectivity index (χ4n) is 3.52. The van der Waals surface area contributed by atoms with Crippen LogP contribution in [0.15, 0.2) is 54.7 Å². The number of rotatable bonds is 7. The fourth-order valence-corrected chi connectivity index (χ4v) is 3.52. The molecule has 3 heteroatoms. The Hall–Kier alpha value is -2.55. The van der Waals surface area contributed by atoms with Gasteiger partial charge in [0.1, 0.15) is 0 Å². The van der Waals surface area contributed by atoms with E-state index in [2.05, 4.69) is 85.5 Å². The van der Waals surface area contributed by atoms with E-state index >= 15 is 0 Å². The SMILES string of the molecule is CCCCNC(=O)C[C@H](c1ccc(C)cc1)c1cn(C)c2ccccc12. The maximum Gasteiger partial charge on any atom is 0.220 e. The van der Waals surface area contributed by atoms with Crippen LogP contribution in [0, 0.1) is 6.92 Å². The Morgan fingerprint density at radius 1 is 1.12 bits per heavy atom. The highest BCUT2D eigenvalue weighted by Crippen LogP contribution is 2.34. The summed E-state index contributed by atoms with van der Waals surface area (Å²) in [5, 5.41) is 4.30. The Labute approximate surface area is 156 Å². The Morgan fingerprint density at radius 3 is 2.58 bits per heavy atom. The molecule has 0 spiro atoms. The van der Waals surface area contributed by atoms with E-state index in [0.717, 1.165) is 19.4 Å². The van der Waals surface area contributed by atoms with Crippen LogP contribution >= 0.6 is 0 Å². The van der Waals surface area contributed by atoms with Crippen molar-refractivity contribution in [2.24, 2.45) is 7.05 Å². The minimum atomic E-state index is 0.0586. The molecular weight excluding hydrogens is 320 g/mol. The predicted octanol–water partition coefficient (Wildman–Crippen LogP) is 4.93. The third-order valence-electron chi connectivity index (χ3n) is 5.02. The van der Waals surface area contributed by atoms with Gasteiger partial charge in [0.2, 0.25) is 5.91 Å². The summed E-state index contributed by atoms with van der Waals surface area (Å²) in [5.74, 6) is 0.181. The summed E-state index contributed by atoms with van der Waals surface area (Å²) in [6.07, 6.45) is 4.76. The largest absolute Gasteiger partial charge is 0.356 e. The highest BCUT2D eigenvalue weighted by Gasteiger charge is 2.22. The number of hydrogen-bond donors (Lipinski definition) is 1. The van der Waals surface area contributed by atoms with Crippen molar-refractivity contribution in [3.63, 3.8) is 0 Å². The molecule has 1 N–H and O–H groups in total. The molecule has 0 saturated carbocycles. The van der Waals surface area contributed by atoms with Crippen LogP contribution in [0.4, 0.5) is 0 Å². The molecule has 0 aliphatic carbocycles. The average Bonchev–Trinajstić information content (AvgIpc) is 2.98. The normalized spacial score (nSPS) is 12.3. The number of hydrogen-bond acceptors (Lipinski definition) is 1. The molecule has 1 aromatic heterocycles. The third-order valence-corrected chi connectivity index (χ3v) is 5.02. The van der Waals surface area contributed by atoms with E-state index in [1.54, 1.807) is 0 Å². The van der Waals surface area contributed by atoms with Crippen LogP contribution in [0.25, 0.3) is 10.9 Å². The number of carbonyl (C=O) groups is 1. The van der Waals surface area contributed by atoms with Gasteiger partial charge in [0.05, 0.1) is 0 Å². The maximum absolute atomic E-state index is 12.6. The molecule has 1 amide bonds. The average molecular weight is 348 g/mol. The number of carbonyl (C=O) groups excluding carboxylic acids is 1. The minimum Gasteiger partial charge on any atom is -0.356 e. The van der Waals surface area contributed by atoms with Gasteiger partial charge < -0.3 is 9.88 Å².